The Hall–Kier alpha value is -0.613. The minimum absolute atomic E-state index is 0.674. The molecule has 0 aromatic heterocycles. The van der Waals surface area contributed by atoms with Crippen molar-refractivity contribution in [2.45, 2.75) is 20.4 Å². The first-order valence-electron chi connectivity index (χ1n) is 5.82. The standard InChI is InChI=1S/C13H19ClO2Si/c1-4-15-17(3,16-5-2)11-10-12-6-8-13(14)9-7-12/h6-11H,4-5H2,1-3H3/b11-10+. The van der Waals surface area contributed by atoms with Crippen LogP contribution in [0.25, 0.3) is 6.08 Å². The lowest BCUT2D eigenvalue weighted by Crippen LogP contribution is -2.36. The molecule has 4 heteroatoms. The third kappa shape index (κ3) is 5.04. The van der Waals surface area contributed by atoms with Crippen molar-refractivity contribution < 1.29 is 8.85 Å². The average molecular weight is 271 g/mol. The van der Waals surface area contributed by atoms with Crippen LogP contribution in [0.3, 0.4) is 0 Å². The van der Waals surface area contributed by atoms with Crippen LogP contribution < -0.4 is 0 Å². The fraction of sp³-hybridized carbons (Fsp3) is 0.385. The van der Waals surface area contributed by atoms with Gasteiger partial charge >= 0.3 is 8.56 Å². The predicted molar refractivity (Wildman–Crippen MR) is 75.4 cm³/mol. The first kappa shape index (κ1) is 14.4. The number of halogens is 1. The van der Waals surface area contributed by atoms with E-state index in [4.69, 9.17) is 20.5 Å². The molecule has 1 aromatic rings. The number of benzene rings is 1. The van der Waals surface area contributed by atoms with Crippen molar-refractivity contribution in [3.8, 4) is 0 Å². The fourth-order valence-electron chi connectivity index (χ4n) is 1.53. The van der Waals surface area contributed by atoms with Gasteiger partial charge in [-0.3, -0.25) is 0 Å². The smallest absolute Gasteiger partial charge is 0.361 e. The number of rotatable bonds is 6. The quantitative estimate of drug-likeness (QED) is 0.727. The van der Waals surface area contributed by atoms with Crippen LogP contribution >= 0.6 is 11.6 Å². The summed E-state index contributed by atoms with van der Waals surface area (Å²) < 4.78 is 11.4. The summed E-state index contributed by atoms with van der Waals surface area (Å²) in [6.07, 6.45) is 2.04. The SMILES string of the molecule is CCO[Si](C)(/C=C/c1ccc(Cl)cc1)OCC. The van der Waals surface area contributed by atoms with Gasteiger partial charge in [-0.2, -0.15) is 0 Å². The summed E-state index contributed by atoms with van der Waals surface area (Å²) >= 11 is 5.84. The maximum absolute atomic E-state index is 5.84. The van der Waals surface area contributed by atoms with E-state index >= 15 is 0 Å². The minimum Gasteiger partial charge on any atom is -0.392 e. The molecule has 0 unspecified atom stereocenters. The molecule has 0 heterocycles. The summed E-state index contributed by atoms with van der Waals surface area (Å²) in [7, 11) is -2.16. The van der Waals surface area contributed by atoms with Gasteiger partial charge in [-0.15, -0.1) is 0 Å². The van der Waals surface area contributed by atoms with Crippen molar-refractivity contribution in [3.05, 3.63) is 40.6 Å². The van der Waals surface area contributed by atoms with Crippen molar-refractivity contribution in [1.82, 2.24) is 0 Å². The average Bonchev–Trinajstić information content (AvgIpc) is 2.29. The van der Waals surface area contributed by atoms with Crippen LogP contribution in [0.5, 0.6) is 0 Å². The van der Waals surface area contributed by atoms with E-state index in [0.717, 1.165) is 10.6 Å². The first-order valence-corrected chi connectivity index (χ1v) is 8.59. The lowest BCUT2D eigenvalue weighted by atomic mass is 10.2. The molecule has 0 radical (unpaired) electrons. The molecule has 0 fully saturated rings. The van der Waals surface area contributed by atoms with Crippen LogP contribution in [0.15, 0.2) is 30.0 Å². The molecular weight excluding hydrogens is 252 g/mol. The summed E-state index contributed by atoms with van der Waals surface area (Å²) in [4.78, 5) is 0. The second kappa shape index (κ2) is 6.96. The van der Waals surface area contributed by atoms with Gasteiger partial charge in [0, 0.05) is 18.2 Å². The number of hydrogen-bond acceptors (Lipinski definition) is 2. The molecule has 2 nitrogen and oxygen atoms in total. The van der Waals surface area contributed by atoms with E-state index in [1.807, 2.05) is 50.7 Å². The molecule has 0 aliphatic rings. The van der Waals surface area contributed by atoms with Crippen LogP contribution in [0.1, 0.15) is 19.4 Å². The van der Waals surface area contributed by atoms with E-state index in [1.165, 1.54) is 0 Å². The van der Waals surface area contributed by atoms with Gasteiger partial charge in [0.2, 0.25) is 0 Å². The highest BCUT2D eigenvalue weighted by Gasteiger charge is 2.26. The molecule has 94 valence electrons. The third-order valence-corrected chi connectivity index (χ3v) is 5.06. The third-order valence-electron chi connectivity index (χ3n) is 2.31. The van der Waals surface area contributed by atoms with Gasteiger partial charge in [-0.1, -0.05) is 29.8 Å². The molecule has 0 aliphatic heterocycles. The van der Waals surface area contributed by atoms with Crippen LogP contribution in [0, 0.1) is 0 Å². The molecule has 0 saturated carbocycles. The number of hydrogen-bond donors (Lipinski definition) is 0. The van der Waals surface area contributed by atoms with E-state index in [-0.39, 0.29) is 0 Å². The topological polar surface area (TPSA) is 18.5 Å². The fourth-order valence-corrected chi connectivity index (χ4v) is 3.58. The molecule has 0 saturated heterocycles. The second-order valence-corrected chi connectivity index (χ2v) is 7.15. The van der Waals surface area contributed by atoms with Gasteiger partial charge in [0.25, 0.3) is 0 Å². The zero-order valence-electron chi connectivity index (χ0n) is 10.6. The van der Waals surface area contributed by atoms with Gasteiger partial charge in [-0.25, -0.2) is 0 Å². The van der Waals surface area contributed by atoms with Gasteiger partial charge in [0.05, 0.1) is 0 Å². The van der Waals surface area contributed by atoms with Crippen molar-refractivity contribution in [2.24, 2.45) is 0 Å². The van der Waals surface area contributed by atoms with Gasteiger partial charge in [0.1, 0.15) is 0 Å². The van der Waals surface area contributed by atoms with Gasteiger partial charge in [0.15, 0.2) is 0 Å². The van der Waals surface area contributed by atoms with E-state index < -0.39 is 8.56 Å². The summed E-state index contributed by atoms with van der Waals surface area (Å²) in [5.74, 6) is 0. The van der Waals surface area contributed by atoms with Crippen LogP contribution in [-0.4, -0.2) is 21.8 Å². The summed E-state index contributed by atoms with van der Waals surface area (Å²) in [5, 5.41) is 0.747. The highest BCUT2D eigenvalue weighted by Crippen LogP contribution is 2.14. The van der Waals surface area contributed by atoms with E-state index in [0.29, 0.717) is 13.2 Å². The highest BCUT2D eigenvalue weighted by atomic mass is 35.5. The predicted octanol–water partition coefficient (Wildman–Crippen LogP) is 4.04. The summed E-state index contributed by atoms with van der Waals surface area (Å²) in [6, 6.07) is 7.71. The zero-order chi connectivity index (χ0) is 12.7. The molecular formula is C13H19ClO2Si. The maximum Gasteiger partial charge on any atom is 0.361 e. The molecule has 0 amide bonds. The second-order valence-electron chi connectivity index (χ2n) is 3.77. The largest absolute Gasteiger partial charge is 0.392 e. The Morgan fingerprint density at radius 1 is 1.12 bits per heavy atom. The van der Waals surface area contributed by atoms with Crippen molar-refractivity contribution in [3.63, 3.8) is 0 Å². The zero-order valence-corrected chi connectivity index (χ0v) is 12.3. The van der Waals surface area contributed by atoms with Crippen molar-refractivity contribution >= 4 is 26.2 Å². The Balaban J connectivity index is 2.75. The van der Waals surface area contributed by atoms with Crippen LogP contribution in [0.2, 0.25) is 11.6 Å². The molecule has 1 aromatic carbocycles. The van der Waals surface area contributed by atoms with E-state index in [2.05, 4.69) is 5.70 Å². The normalized spacial score (nSPS) is 12.2. The summed E-state index contributed by atoms with van der Waals surface area (Å²) in [5.41, 5.74) is 3.16. The lowest BCUT2D eigenvalue weighted by molar-refractivity contribution is 0.201. The first-order chi connectivity index (χ1) is 8.09. The monoisotopic (exact) mass is 270 g/mol. The Labute approximate surface area is 109 Å². The highest BCUT2D eigenvalue weighted by molar-refractivity contribution is 6.72. The van der Waals surface area contributed by atoms with Gasteiger partial charge in [-0.05, 0) is 43.8 Å². The Bertz CT molecular complexity index is 356. The van der Waals surface area contributed by atoms with Crippen molar-refractivity contribution in [2.75, 3.05) is 13.2 Å². The van der Waals surface area contributed by atoms with Crippen LogP contribution in [-0.2, 0) is 8.85 Å². The molecule has 0 N–H and O–H groups in total. The van der Waals surface area contributed by atoms with Crippen molar-refractivity contribution in [1.29, 1.82) is 0 Å². The maximum atomic E-state index is 5.84. The Morgan fingerprint density at radius 3 is 2.12 bits per heavy atom. The molecule has 0 spiro atoms. The molecule has 0 atom stereocenters. The Kier molecular flexibility index (Phi) is 5.92. The summed E-state index contributed by atoms with van der Waals surface area (Å²) in [6.45, 7) is 7.37. The van der Waals surface area contributed by atoms with Crippen LogP contribution in [0.4, 0.5) is 0 Å². The Morgan fingerprint density at radius 2 is 1.65 bits per heavy atom. The van der Waals surface area contributed by atoms with E-state index in [9.17, 15) is 0 Å². The molecule has 0 bridgehead atoms. The lowest BCUT2D eigenvalue weighted by Gasteiger charge is -2.22. The van der Waals surface area contributed by atoms with E-state index in [1.54, 1.807) is 0 Å². The molecule has 17 heavy (non-hydrogen) atoms. The molecule has 0 aliphatic carbocycles. The molecule has 1 rings (SSSR count). The van der Waals surface area contributed by atoms with Gasteiger partial charge < -0.3 is 8.85 Å². The minimum atomic E-state index is -2.16.